The van der Waals surface area contributed by atoms with Crippen LogP contribution in [0.4, 0.5) is 0 Å². The first-order valence-electron chi connectivity index (χ1n) is 10.5. The van der Waals surface area contributed by atoms with Gasteiger partial charge in [0.05, 0.1) is 17.1 Å². The minimum Gasteiger partial charge on any atom is -0.356 e. The van der Waals surface area contributed by atoms with E-state index in [0.29, 0.717) is 25.9 Å². The second kappa shape index (κ2) is 8.95. The summed E-state index contributed by atoms with van der Waals surface area (Å²) in [6, 6.07) is 8.22. The van der Waals surface area contributed by atoms with Gasteiger partial charge in [-0.25, -0.2) is 14.5 Å². The van der Waals surface area contributed by atoms with Crippen molar-refractivity contribution in [2.75, 3.05) is 6.54 Å². The standard InChI is InChI=1S/C22H27N5O2S/c1-15-7-9-17(10-8-15)21-18(30-16(2)24-21)14-20(28)23-11-5-13-27-22(29)26-12-4-3-6-19(26)25-27/h7-10H,3-6,11-14H2,1-2H3,(H,23,28). The van der Waals surface area contributed by atoms with Crippen LogP contribution in [0.5, 0.6) is 0 Å². The largest absolute Gasteiger partial charge is 0.356 e. The van der Waals surface area contributed by atoms with Crippen LogP contribution in [0.3, 0.4) is 0 Å². The van der Waals surface area contributed by atoms with E-state index < -0.39 is 0 Å². The molecule has 1 aromatic carbocycles. The minimum absolute atomic E-state index is 0.0245. The number of thiazole rings is 1. The van der Waals surface area contributed by atoms with Crippen molar-refractivity contribution in [3.63, 3.8) is 0 Å². The average molecular weight is 426 g/mol. The minimum atomic E-state index is -0.0288. The summed E-state index contributed by atoms with van der Waals surface area (Å²) < 4.78 is 3.32. The molecule has 1 N–H and O–H groups in total. The highest BCUT2D eigenvalue weighted by atomic mass is 32.1. The Bertz CT molecular complexity index is 1090. The van der Waals surface area contributed by atoms with E-state index in [2.05, 4.69) is 34.5 Å². The van der Waals surface area contributed by atoms with E-state index in [1.165, 1.54) is 10.2 Å². The van der Waals surface area contributed by atoms with E-state index in [4.69, 9.17) is 0 Å². The fourth-order valence-corrected chi connectivity index (χ4v) is 4.74. The summed E-state index contributed by atoms with van der Waals surface area (Å²) in [5.41, 5.74) is 3.10. The van der Waals surface area contributed by atoms with Gasteiger partial charge >= 0.3 is 5.69 Å². The molecule has 30 heavy (non-hydrogen) atoms. The summed E-state index contributed by atoms with van der Waals surface area (Å²) in [6.45, 7) is 5.82. The Morgan fingerprint density at radius 3 is 2.77 bits per heavy atom. The van der Waals surface area contributed by atoms with Gasteiger partial charge in [0.25, 0.3) is 0 Å². The van der Waals surface area contributed by atoms with Crippen molar-refractivity contribution in [2.45, 2.75) is 59.0 Å². The van der Waals surface area contributed by atoms with Gasteiger partial charge in [-0.15, -0.1) is 11.3 Å². The van der Waals surface area contributed by atoms with Crippen LogP contribution in [-0.2, 0) is 30.7 Å². The Hall–Kier alpha value is -2.74. The van der Waals surface area contributed by atoms with E-state index in [9.17, 15) is 9.59 Å². The molecular formula is C22H27N5O2S. The number of benzene rings is 1. The third-order valence-electron chi connectivity index (χ3n) is 5.35. The Morgan fingerprint density at radius 1 is 1.20 bits per heavy atom. The third kappa shape index (κ3) is 4.53. The van der Waals surface area contributed by atoms with Crippen molar-refractivity contribution in [1.29, 1.82) is 0 Å². The van der Waals surface area contributed by atoms with Gasteiger partial charge in [-0.05, 0) is 33.1 Å². The molecule has 0 spiro atoms. The number of carbonyl (C=O) groups excluding carboxylic acids is 1. The molecule has 0 fully saturated rings. The van der Waals surface area contributed by atoms with Crippen LogP contribution in [0.25, 0.3) is 11.3 Å². The third-order valence-corrected chi connectivity index (χ3v) is 6.32. The number of carbonyl (C=O) groups is 1. The van der Waals surface area contributed by atoms with Crippen LogP contribution >= 0.6 is 11.3 Å². The van der Waals surface area contributed by atoms with E-state index in [1.54, 1.807) is 15.9 Å². The first-order valence-corrected chi connectivity index (χ1v) is 11.3. The van der Waals surface area contributed by atoms with Gasteiger partial charge in [0.2, 0.25) is 5.91 Å². The molecule has 8 heteroatoms. The van der Waals surface area contributed by atoms with Crippen LogP contribution in [0, 0.1) is 13.8 Å². The molecule has 0 radical (unpaired) electrons. The van der Waals surface area contributed by atoms with Crippen molar-refractivity contribution in [3.8, 4) is 11.3 Å². The number of hydrogen-bond donors (Lipinski definition) is 1. The number of nitrogens with zero attached hydrogens (tertiary/aromatic N) is 4. The molecule has 3 heterocycles. The Labute approximate surface area is 179 Å². The van der Waals surface area contributed by atoms with Gasteiger partial charge in [0, 0.05) is 36.5 Å². The zero-order chi connectivity index (χ0) is 21.1. The van der Waals surface area contributed by atoms with Crippen LogP contribution < -0.4 is 11.0 Å². The molecule has 1 amide bonds. The number of aryl methyl sites for hydroxylation is 4. The molecule has 4 rings (SSSR count). The van der Waals surface area contributed by atoms with Gasteiger partial charge < -0.3 is 5.32 Å². The van der Waals surface area contributed by atoms with Crippen LogP contribution in [0.1, 0.15) is 40.5 Å². The topological polar surface area (TPSA) is 81.8 Å². The smallest absolute Gasteiger partial charge is 0.345 e. The number of hydrogen-bond acceptors (Lipinski definition) is 5. The van der Waals surface area contributed by atoms with Crippen molar-refractivity contribution in [1.82, 2.24) is 24.6 Å². The number of amides is 1. The first kappa shape index (κ1) is 20.5. The summed E-state index contributed by atoms with van der Waals surface area (Å²) in [6.07, 6.45) is 3.99. The first-order chi connectivity index (χ1) is 14.5. The van der Waals surface area contributed by atoms with Crippen LogP contribution in [-0.4, -0.2) is 31.8 Å². The molecule has 0 atom stereocenters. The fraction of sp³-hybridized carbons (Fsp3) is 0.455. The predicted octanol–water partition coefficient (Wildman–Crippen LogP) is 2.87. The van der Waals surface area contributed by atoms with Gasteiger partial charge in [-0.2, -0.15) is 5.10 Å². The van der Waals surface area contributed by atoms with E-state index >= 15 is 0 Å². The Morgan fingerprint density at radius 2 is 2.00 bits per heavy atom. The van der Waals surface area contributed by atoms with Crippen LogP contribution in [0.2, 0.25) is 0 Å². The lowest BCUT2D eigenvalue weighted by molar-refractivity contribution is -0.120. The van der Waals surface area contributed by atoms with Gasteiger partial charge in [-0.3, -0.25) is 9.36 Å². The second-order valence-electron chi connectivity index (χ2n) is 7.78. The highest BCUT2D eigenvalue weighted by Crippen LogP contribution is 2.28. The lowest BCUT2D eigenvalue weighted by Crippen LogP contribution is -2.30. The van der Waals surface area contributed by atoms with E-state index in [-0.39, 0.29) is 11.6 Å². The summed E-state index contributed by atoms with van der Waals surface area (Å²) in [5.74, 6) is 0.864. The molecular weight excluding hydrogens is 398 g/mol. The fourth-order valence-electron chi connectivity index (χ4n) is 3.79. The molecule has 1 aliphatic rings. The van der Waals surface area contributed by atoms with Crippen LogP contribution in [0.15, 0.2) is 29.1 Å². The molecule has 3 aromatic rings. The molecule has 7 nitrogen and oxygen atoms in total. The SMILES string of the molecule is Cc1ccc(-c2nc(C)sc2CC(=O)NCCCn2nc3n(c2=O)CCCC3)cc1. The van der Waals surface area contributed by atoms with Gasteiger partial charge in [0.15, 0.2) is 0 Å². The molecule has 158 valence electrons. The highest BCUT2D eigenvalue weighted by molar-refractivity contribution is 7.12. The van der Waals surface area contributed by atoms with Crippen molar-refractivity contribution >= 4 is 17.2 Å². The zero-order valence-corrected chi connectivity index (χ0v) is 18.3. The predicted molar refractivity (Wildman–Crippen MR) is 118 cm³/mol. The monoisotopic (exact) mass is 425 g/mol. The van der Waals surface area contributed by atoms with Crippen molar-refractivity contribution < 1.29 is 4.79 Å². The van der Waals surface area contributed by atoms with Crippen molar-refractivity contribution in [2.24, 2.45) is 0 Å². The zero-order valence-electron chi connectivity index (χ0n) is 17.5. The number of aromatic nitrogens is 4. The number of nitrogens with one attached hydrogen (secondary N) is 1. The van der Waals surface area contributed by atoms with E-state index in [1.807, 2.05) is 19.1 Å². The van der Waals surface area contributed by atoms with Gasteiger partial charge in [-0.1, -0.05) is 29.8 Å². The molecule has 0 unspecified atom stereocenters. The maximum absolute atomic E-state index is 12.5. The molecule has 0 bridgehead atoms. The summed E-state index contributed by atoms with van der Waals surface area (Å²) in [7, 11) is 0. The lowest BCUT2D eigenvalue weighted by Gasteiger charge is -2.09. The Balaban J connectivity index is 1.31. The normalized spacial score (nSPS) is 13.3. The van der Waals surface area contributed by atoms with Crippen molar-refractivity contribution in [3.05, 3.63) is 56.0 Å². The summed E-state index contributed by atoms with van der Waals surface area (Å²) in [5, 5.41) is 8.36. The maximum atomic E-state index is 12.5. The number of fused-ring (bicyclic) bond motifs is 1. The molecule has 1 aliphatic heterocycles. The molecule has 0 saturated heterocycles. The summed E-state index contributed by atoms with van der Waals surface area (Å²) >= 11 is 1.56. The van der Waals surface area contributed by atoms with E-state index in [0.717, 1.165) is 52.8 Å². The highest BCUT2D eigenvalue weighted by Gasteiger charge is 2.17. The second-order valence-corrected chi connectivity index (χ2v) is 9.07. The molecule has 0 aliphatic carbocycles. The molecule has 0 saturated carbocycles. The molecule has 2 aromatic heterocycles. The summed E-state index contributed by atoms with van der Waals surface area (Å²) in [4.78, 5) is 30.4. The van der Waals surface area contributed by atoms with Gasteiger partial charge in [0.1, 0.15) is 5.82 Å². The lowest BCUT2D eigenvalue weighted by atomic mass is 10.1. The maximum Gasteiger partial charge on any atom is 0.345 e. The Kier molecular flexibility index (Phi) is 6.13. The average Bonchev–Trinajstić information content (AvgIpc) is 3.25. The number of rotatable bonds is 7. The quantitative estimate of drug-likeness (QED) is 0.590.